The number of nitro groups is 1. The number of allylic oxidation sites excluding steroid dienone is 1. The lowest BCUT2D eigenvalue weighted by Gasteiger charge is -2.34. The van der Waals surface area contributed by atoms with Crippen LogP contribution >= 0.6 is 0 Å². The average Bonchev–Trinajstić information content (AvgIpc) is 2.96. The molecule has 0 radical (unpaired) electrons. The lowest BCUT2D eigenvalue weighted by atomic mass is 9.74. The molecule has 0 spiro atoms. The molecule has 0 aromatic heterocycles. The molecule has 1 heterocycles. The standard InChI is InChI=1S/C33H43N3O6/c1-7-13-26-29(31(37)41-6)28(24-17-12-18-25(19-24)36(39)40)30(27(34-26)14-8-2)32(38)42-22-33(3,4)21-35(5)20-23-15-10-9-11-16-23/h9-12,15-19,28-29H,7-8,13-14,20-22H2,1-6H3. The van der Waals surface area contributed by atoms with E-state index in [1.54, 1.807) is 12.1 Å². The molecule has 3 rings (SSSR count). The Kier molecular flexibility index (Phi) is 11.6. The molecule has 2 aromatic rings. The monoisotopic (exact) mass is 577 g/mol. The summed E-state index contributed by atoms with van der Waals surface area (Å²) >= 11 is 0. The molecular formula is C33H43N3O6. The summed E-state index contributed by atoms with van der Waals surface area (Å²) in [6.45, 7) is 9.63. The lowest BCUT2D eigenvalue weighted by molar-refractivity contribution is -0.384. The first-order chi connectivity index (χ1) is 20.0. The smallest absolute Gasteiger partial charge is 0.336 e. The molecule has 2 atom stereocenters. The minimum Gasteiger partial charge on any atom is -0.468 e. The highest BCUT2D eigenvalue weighted by molar-refractivity contribution is 6.08. The van der Waals surface area contributed by atoms with Gasteiger partial charge >= 0.3 is 11.9 Å². The van der Waals surface area contributed by atoms with Crippen LogP contribution < -0.4 is 0 Å². The number of rotatable bonds is 14. The summed E-state index contributed by atoms with van der Waals surface area (Å²) in [7, 11) is 3.33. The molecule has 42 heavy (non-hydrogen) atoms. The summed E-state index contributed by atoms with van der Waals surface area (Å²) in [6.07, 6.45) is 2.48. The highest BCUT2D eigenvalue weighted by atomic mass is 16.6. The van der Waals surface area contributed by atoms with Crippen molar-refractivity contribution in [2.45, 2.75) is 65.8 Å². The molecule has 0 amide bonds. The van der Waals surface area contributed by atoms with Crippen LogP contribution in [-0.2, 0) is 25.6 Å². The Morgan fingerprint density at radius 2 is 1.74 bits per heavy atom. The van der Waals surface area contributed by atoms with Crippen molar-refractivity contribution < 1.29 is 24.0 Å². The van der Waals surface area contributed by atoms with Crippen molar-refractivity contribution in [3.8, 4) is 0 Å². The van der Waals surface area contributed by atoms with E-state index in [9.17, 15) is 19.7 Å². The average molecular weight is 578 g/mol. The number of non-ortho nitro benzene ring substituents is 1. The summed E-state index contributed by atoms with van der Waals surface area (Å²) in [4.78, 5) is 45.4. The minimum absolute atomic E-state index is 0.122. The largest absolute Gasteiger partial charge is 0.468 e. The molecule has 2 aromatic carbocycles. The van der Waals surface area contributed by atoms with E-state index < -0.39 is 28.7 Å². The van der Waals surface area contributed by atoms with Crippen molar-refractivity contribution in [3.05, 3.63) is 87.1 Å². The van der Waals surface area contributed by atoms with Crippen LogP contribution in [0.3, 0.4) is 0 Å². The maximum atomic E-state index is 14.0. The van der Waals surface area contributed by atoms with Crippen molar-refractivity contribution in [2.75, 3.05) is 27.3 Å². The van der Waals surface area contributed by atoms with E-state index in [0.717, 1.165) is 19.4 Å². The summed E-state index contributed by atoms with van der Waals surface area (Å²) in [6, 6.07) is 16.3. The molecule has 0 N–H and O–H groups in total. The van der Waals surface area contributed by atoms with Crippen LogP contribution in [-0.4, -0.2) is 54.8 Å². The molecular weight excluding hydrogens is 534 g/mol. The van der Waals surface area contributed by atoms with Gasteiger partial charge in [-0.2, -0.15) is 0 Å². The molecule has 9 heteroatoms. The quantitative estimate of drug-likeness (QED) is 0.144. The highest BCUT2D eigenvalue weighted by Gasteiger charge is 2.44. The van der Waals surface area contributed by atoms with Gasteiger partial charge in [-0.05, 0) is 31.0 Å². The molecule has 0 bridgehead atoms. The fourth-order valence-electron chi connectivity index (χ4n) is 5.64. The number of carbonyl (C=O) groups excluding carboxylic acids is 2. The van der Waals surface area contributed by atoms with Gasteiger partial charge in [0.1, 0.15) is 5.92 Å². The van der Waals surface area contributed by atoms with Crippen LogP contribution in [0.4, 0.5) is 5.69 Å². The second kappa shape index (κ2) is 14.9. The van der Waals surface area contributed by atoms with Crippen LogP contribution in [0.15, 0.2) is 70.9 Å². The van der Waals surface area contributed by atoms with Gasteiger partial charge in [0.2, 0.25) is 0 Å². The Bertz CT molecular complexity index is 1320. The Hall–Kier alpha value is -3.85. The predicted molar refractivity (Wildman–Crippen MR) is 163 cm³/mol. The normalized spacial score (nSPS) is 17.2. The fraction of sp³-hybridized carbons (Fsp3) is 0.485. The van der Waals surface area contributed by atoms with Crippen molar-refractivity contribution in [1.29, 1.82) is 0 Å². The van der Waals surface area contributed by atoms with Crippen molar-refractivity contribution in [2.24, 2.45) is 16.3 Å². The number of carbonyl (C=O) groups is 2. The number of aliphatic imine (C=N–C) groups is 1. The van der Waals surface area contributed by atoms with Gasteiger partial charge in [0.25, 0.3) is 5.69 Å². The highest BCUT2D eigenvalue weighted by Crippen LogP contribution is 2.43. The lowest BCUT2D eigenvalue weighted by Crippen LogP contribution is -2.39. The number of nitro benzene ring substituents is 1. The predicted octanol–water partition coefficient (Wildman–Crippen LogP) is 6.48. The molecule has 0 saturated carbocycles. The Balaban J connectivity index is 1.98. The van der Waals surface area contributed by atoms with E-state index in [-0.39, 0.29) is 23.3 Å². The van der Waals surface area contributed by atoms with Crippen LogP contribution in [0.25, 0.3) is 0 Å². The van der Waals surface area contributed by atoms with Crippen LogP contribution in [0.2, 0.25) is 0 Å². The Labute approximate surface area is 248 Å². The van der Waals surface area contributed by atoms with Gasteiger partial charge in [0, 0.05) is 42.3 Å². The topological polar surface area (TPSA) is 111 Å². The second-order valence-corrected chi connectivity index (χ2v) is 11.7. The maximum Gasteiger partial charge on any atom is 0.336 e. The van der Waals surface area contributed by atoms with Gasteiger partial charge in [-0.3, -0.25) is 19.9 Å². The second-order valence-electron chi connectivity index (χ2n) is 11.7. The van der Waals surface area contributed by atoms with E-state index in [4.69, 9.17) is 14.5 Å². The molecule has 226 valence electrons. The summed E-state index contributed by atoms with van der Waals surface area (Å²) in [5.74, 6) is -2.83. The number of ether oxygens (including phenoxy) is 2. The van der Waals surface area contributed by atoms with Crippen LogP contribution in [0, 0.1) is 21.4 Å². The van der Waals surface area contributed by atoms with Gasteiger partial charge < -0.3 is 14.4 Å². The van der Waals surface area contributed by atoms with Gasteiger partial charge in [-0.15, -0.1) is 0 Å². The van der Waals surface area contributed by atoms with Gasteiger partial charge in [0.15, 0.2) is 0 Å². The number of hydrogen-bond donors (Lipinski definition) is 0. The zero-order valence-corrected chi connectivity index (χ0v) is 25.6. The summed E-state index contributed by atoms with van der Waals surface area (Å²) < 4.78 is 11.2. The fourth-order valence-corrected chi connectivity index (χ4v) is 5.64. The summed E-state index contributed by atoms with van der Waals surface area (Å²) in [5.41, 5.74) is 2.61. The van der Waals surface area contributed by atoms with Gasteiger partial charge in [0.05, 0.1) is 29.9 Å². The third kappa shape index (κ3) is 8.35. The third-order valence-electron chi connectivity index (χ3n) is 7.29. The third-order valence-corrected chi connectivity index (χ3v) is 7.29. The van der Waals surface area contributed by atoms with E-state index >= 15 is 0 Å². The van der Waals surface area contributed by atoms with E-state index in [2.05, 4.69) is 17.0 Å². The first kappa shape index (κ1) is 32.7. The van der Waals surface area contributed by atoms with Crippen LogP contribution in [0.1, 0.15) is 70.4 Å². The zero-order chi connectivity index (χ0) is 30.9. The number of hydrogen-bond acceptors (Lipinski definition) is 8. The summed E-state index contributed by atoms with van der Waals surface area (Å²) in [5, 5.41) is 11.7. The molecule has 1 aliphatic rings. The number of methoxy groups -OCH3 is 1. The molecule has 0 fully saturated rings. The van der Waals surface area contributed by atoms with E-state index in [0.29, 0.717) is 36.4 Å². The number of nitrogens with zero attached hydrogens (tertiary/aromatic N) is 3. The SMILES string of the molecule is CCCC1=NC(CCC)=C(C(=O)OCC(C)(C)CN(C)Cc2ccccc2)C(c2cccc([N+](=O)[O-])c2)C1C(=O)OC. The van der Waals surface area contributed by atoms with Gasteiger partial charge in [-0.25, -0.2) is 4.79 Å². The molecule has 0 aliphatic carbocycles. The minimum atomic E-state index is -0.898. The van der Waals surface area contributed by atoms with Crippen molar-refractivity contribution in [3.63, 3.8) is 0 Å². The molecule has 1 aliphatic heterocycles. The number of benzene rings is 2. The first-order valence-corrected chi connectivity index (χ1v) is 14.5. The van der Waals surface area contributed by atoms with Crippen LogP contribution in [0.5, 0.6) is 0 Å². The molecule has 9 nitrogen and oxygen atoms in total. The maximum absolute atomic E-state index is 14.0. The van der Waals surface area contributed by atoms with E-state index in [1.807, 2.05) is 52.9 Å². The Morgan fingerprint density at radius 3 is 2.36 bits per heavy atom. The van der Waals surface area contributed by atoms with Crippen molar-refractivity contribution in [1.82, 2.24) is 4.90 Å². The molecule has 2 unspecified atom stereocenters. The van der Waals surface area contributed by atoms with Gasteiger partial charge in [-0.1, -0.05) is 83.0 Å². The van der Waals surface area contributed by atoms with Crippen molar-refractivity contribution >= 4 is 23.3 Å². The first-order valence-electron chi connectivity index (χ1n) is 14.5. The van der Waals surface area contributed by atoms with E-state index in [1.165, 1.54) is 24.8 Å². The number of esters is 2. The molecule has 0 saturated heterocycles. The Morgan fingerprint density at radius 1 is 1.05 bits per heavy atom. The zero-order valence-electron chi connectivity index (χ0n) is 25.6.